The SMILES string of the molecule is O=C(N[C@@H](C(=O)Cl)c1ccccc1)OCc1ccc([N+](=O)[O-])cc1. The van der Waals surface area contributed by atoms with Gasteiger partial charge in [0.25, 0.3) is 5.69 Å². The number of carbonyl (C=O) groups excluding carboxylic acids is 2. The smallest absolute Gasteiger partial charge is 0.408 e. The first-order valence-corrected chi connectivity index (χ1v) is 7.26. The average Bonchev–Trinajstić information content (AvgIpc) is 2.58. The highest BCUT2D eigenvalue weighted by Crippen LogP contribution is 2.16. The maximum Gasteiger partial charge on any atom is 0.408 e. The number of non-ortho nitro benzene ring substituents is 1. The largest absolute Gasteiger partial charge is 0.445 e. The van der Waals surface area contributed by atoms with Crippen LogP contribution in [0, 0.1) is 10.1 Å². The molecule has 1 amide bonds. The fourth-order valence-corrected chi connectivity index (χ4v) is 2.12. The minimum atomic E-state index is -1.02. The summed E-state index contributed by atoms with van der Waals surface area (Å²) < 4.78 is 5.00. The van der Waals surface area contributed by atoms with Crippen LogP contribution in [0.4, 0.5) is 10.5 Å². The van der Waals surface area contributed by atoms with Crippen molar-refractivity contribution >= 4 is 28.6 Å². The third-order valence-electron chi connectivity index (χ3n) is 3.14. The zero-order chi connectivity index (χ0) is 17.5. The molecule has 0 heterocycles. The minimum absolute atomic E-state index is 0.0555. The zero-order valence-electron chi connectivity index (χ0n) is 12.3. The lowest BCUT2D eigenvalue weighted by atomic mass is 10.1. The van der Waals surface area contributed by atoms with Crippen molar-refractivity contribution in [2.45, 2.75) is 12.6 Å². The number of rotatable bonds is 6. The number of halogens is 1. The summed E-state index contributed by atoms with van der Waals surface area (Å²) in [6, 6.07) is 13.1. The molecule has 0 aromatic heterocycles. The Morgan fingerprint density at radius 3 is 2.29 bits per heavy atom. The molecule has 1 atom stereocenters. The zero-order valence-corrected chi connectivity index (χ0v) is 13.1. The maximum absolute atomic E-state index is 11.8. The number of hydrogen-bond donors (Lipinski definition) is 1. The van der Waals surface area contributed by atoms with Crippen LogP contribution in [-0.4, -0.2) is 16.3 Å². The van der Waals surface area contributed by atoms with Crippen LogP contribution in [0.3, 0.4) is 0 Å². The van der Waals surface area contributed by atoms with E-state index in [0.717, 1.165) is 0 Å². The highest BCUT2D eigenvalue weighted by atomic mass is 35.5. The van der Waals surface area contributed by atoms with Gasteiger partial charge in [0.05, 0.1) is 4.92 Å². The molecule has 2 aromatic rings. The summed E-state index contributed by atoms with van der Waals surface area (Å²) in [5, 5.41) is 12.2. The Bertz CT molecular complexity index is 734. The molecule has 0 aliphatic heterocycles. The molecule has 0 radical (unpaired) electrons. The Labute approximate surface area is 142 Å². The summed E-state index contributed by atoms with van der Waals surface area (Å²) in [6.45, 7) is -0.0954. The second-order valence-electron chi connectivity index (χ2n) is 4.79. The Morgan fingerprint density at radius 2 is 1.75 bits per heavy atom. The first-order valence-electron chi connectivity index (χ1n) is 6.88. The standard InChI is InChI=1S/C16H13ClN2O5/c17-15(20)14(12-4-2-1-3-5-12)18-16(21)24-10-11-6-8-13(9-7-11)19(22)23/h1-9,14H,10H2,(H,18,21)/t14-/m1/s1. The number of alkyl carbamates (subject to hydrolysis) is 1. The molecule has 2 rings (SSSR count). The molecule has 24 heavy (non-hydrogen) atoms. The Kier molecular flexibility index (Phi) is 5.86. The fourth-order valence-electron chi connectivity index (χ4n) is 1.94. The Morgan fingerprint density at radius 1 is 1.12 bits per heavy atom. The van der Waals surface area contributed by atoms with Gasteiger partial charge in [0.15, 0.2) is 0 Å². The van der Waals surface area contributed by atoms with Crippen LogP contribution in [-0.2, 0) is 16.1 Å². The van der Waals surface area contributed by atoms with Crippen molar-refractivity contribution in [1.82, 2.24) is 5.32 Å². The van der Waals surface area contributed by atoms with Gasteiger partial charge < -0.3 is 10.1 Å². The summed E-state index contributed by atoms with van der Waals surface area (Å²) in [4.78, 5) is 33.4. The molecule has 0 unspecified atom stereocenters. The summed E-state index contributed by atoms with van der Waals surface area (Å²) in [6.07, 6.45) is -0.823. The summed E-state index contributed by atoms with van der Waals surface area (Å²) in [7, 11) is 0. The summed E-state index contributed by atoms with van der Waals surface area (Å²) >= 11 is 5.51. The van der Waals surface area contributed by atoms with Gasteiger partial charge in [-0.15, -0.1) is 0 Å². The molecule has 1 N–H and O–H groups in total. The number of nitro groups is 1. The van der Waals surface area contributed by atoms with Crippen molar-refractivity contribution in [3.8, 4) is 0 Å². The van der Waals surface area contributed by atoms with Crippen LogP contribution < -0.4 is 5.32 Å². The van der Waals surface area contributed by atoms with Gasteiger partial charge in [-0.2, -0.15) is 0 Å². The number of benzene rings is 2. The molecule has 0 saturated carbocycles. The van der Waals surface area contributed by atoms with Crippen LogP contribution in [0.1, 0.15) is 17.2 Å². The molecule has 124 valence electrons. The van der Waals surface area contributed by atoms with Crippen LogP contribution in [0.5, 0.6) is 0 Å². The number of nitro benzene ring substituents is 1. The summed E-state index contributed by atoms with van der Waals surface area (Å²) in [5.74, 6) is 0. The van der Waals surface area contributed by atoms with Crippen molar-refractivity contribution in [3.05, 3.63) is 75.8 Å². The van der Waals surface area contributed by atoms with E-state index in [0.29, 0.717) is 11.1 Å². The molecule has 8 heteroatoms. The van der Waals surface area contributed by atoms with Crippen molar-refractivity contribution < 1.29 is 19.2 Å². The molecule has 0 aliphatic carbocycles. The molecule has 0 saturated heterocycles. The highest BCUT2D eigenvalue weighted by molar-refractivity contribution is 6.64. The van der Waals surface area contributed by atoms with Crippen molar-refractivity contribution in [2.24, 2.45) is 0 Å². The van der Waals surface area contributed by atoms with E-state index in [2.05, 4.69) is 5.32 Å². The van der Waals surface area contributed by atoms with Crippen LogP contribution >= 0.6 is 11.6 Å². The number of ether oxygens (including phenoxy) is 1. The van der Waals surface area contributed by atoms with Gasteiger partial charge in [0.2, 0.25) is 5.24 Å². The van der Waals surface area contributed by atoms with Gasteiger partial charge in [-0.05, 0) is 34.9 Å². The van der Waals surface area contributed by atoms with E-state index >= 15 is 0 Å². The quantitative estimate of drug-likeness (QED) is 0.490. The molecule has 0 spiro atoms. The van der Waals surface area contributed by atoms with Crippen LogP contribution in [0.15, 0.2) is 54.6 Å². The minimum Gasteiger partial charge on any atom is -0.445 e. The lowest BCUT2D eigenvalue weighted by Crippen LogP contribution is -2.32. The Hall–Kier alpha value is -2.93. The lowest BCUT2D eigenvalue weighted by molar-refractivity contribution is -0.384. The van der Waals surface area contributed by atoms with Gasteiger partial charge in [0.1, 0.15) is 12.6 Å². The second kappa shape index (κ2) is 8.07. The molecule has 0 bridgehead atoms. The molecule has 0 aliphatic rings. The van der Waals surface area contributed by atoms with E-state index in [1.165, 1.54) is 24.3 Å². The third-order valence-corrected chi connectivity index (χ3v) is 3.36. The number of nitrogens with one attached hydrogen (secondary N) is 1. The summed E-state index contributed by atoms with van der Waals surface area (Å²) in [5.41, 5.74) is 1.05. The lowest BCUT2D eigenvalue weighted by Gasteiger charge is -2.15. The van der Waals surface area contributed by atoms with E-state index in [1.807, 2.05) is 0 Å². The van der Waals surface area contributed by atoms with E-state index in [4.69, 9.17) is 16.3 Å². The normalized spacial score (nSPS) is 11.4. The van der Waals surface area contributed by atoms with Gasteiger partial charge >= 0.3 is 6.09 Å². The molecular formula is C16H13ClN2O5. The predicted molar refractivity (Wildman–Crippen MR) is 86.5 cm³/mol. The van der Waals surface area contributed by atoms with Crippen molar-refractivity contribution in [1.29, 1.82) is 0 Å². The van der Waals surface area contributed by atoms with Crippen LogP contribution in [0.25, 0.3) is 0 Å². The molecular weight excluding hydrogens is 336 g/mol. The van der Waals surface area contributed by atoms with Gasteiger partial charge in [-0.3, -0.25) is 14.9 Å². The van der Waals surface area contributed by atoms with Gasteiger partial charge in [0, 0.05) is 12.1 Å². The van der Waals surface area contributed by atoms with E-state index < -0.39 is 22.3 Å². The highest BCUT2D eigenvalue weighted by Gasteiger charge is 2.21. The van der Waals surface area contributed by atoms with Crippen LogP contribution in [0.2, 0.25) is 0 Å². The first kappa shape index (κ1) is 17.4. The monoisotopic (exact) mass is 348 g/mol. The number of nitrogens with zero attached hydrogens (tertiary/aromatic N) is 1. The topological polar surface area (TPSA) is 98.5 Å². The van der Waals surface area contributed by atoms with Crippen molar-refractivity contribution in [2.75, 3.05) is 0 Å². The fraction of sp³-hybridized carbons (Fsp3) is 0.125. The number of amides is 1. The van der Waals surface area contributed by atoms with Gasteiger partial charge in [-0.1, -0.05) is 30.3 Å². The predicted octanol–water partition coefficient (Wildman–Crippen LogP) is 3.33. The van der Waals surface area contributed by atoms with Gasteiger partial charge in [-0.25, -0.2) is 4.79 Å². The number of hydrogen-bond acceptors (Lipinski definition) is 5. The van der Waals surface area contributed by atoms with Crippen molar-refractivity contribution in [3.63, 3.8) is 0 Å². The molecule has 2 aromatic carbocycles. The third kappa shape index (κ3) is 4.79. The van der Waals surface area contributed by atoms with E-state index in [1.54, 1.807) is 30.3 Å². The average molecular weight is 349 g/mol. The Balaban J connectivity index is 1.94. The maximum atomic E-state index is 11.8. The second-order valence-corrected chi connectivity index (χ2v) is 5.16. The first-order chi connectivity index (χ1) is 11.5. The molecule has 0 fully saturated rings. The number of carbonyl (C=O) groups is 2. The molecule has 7 nitrogen and oxygen atoms in total. The van der Waals surface area contributed by atoms with E-state index in [9.17, 15) is 19.7 Å². The van der Waals surface area contributed by atoms with E-state index in [-0.39, 0.29) is 12.3 Å².